The topological polar surface area (TPSA) is 9.23 Å². The normalized spacial score (nSPS) is 12.3. The number of ether oxygens (including phenoxy) is 1. The van der Waals surface area contributed by atoms with Gasteiger partial charge in [0.15, 0.2) is 0 Å². The minimum atomic E-state index is -4.79. The Morgan fingerprint density at radius 1 is 0.917 bits per heavy atom. The molecule has 0 aliphatic carbocycles. The molecule has 1 nitrogen and oxygen atoms in total. The van der Waals surface area contributed by atoms with Crippen molar-refractivity contribution < 1.29 is 35.5 Å². The molecular formula is C16H10F7O. The Kier molecular flexibility index (Phi) is 5.05. The lowest BCUT2D eigenvalue weighted by Crippen LogP contribution is -2.14. The van der Waals surface area contributed by atoms with Gasteiger partial charge in [-0.1, -0.05) is 6.07 Å². The van der Waals surface area contributed by atoms with Gasteiger partial charge >= 0.3 is 12.4 Å². The summed E-state index contributed by atoms with van der Waals surface area (Å²) in [6, 6.07) is 7.15. The largest absolute Gasteiger partial charge is 0.492 e. The van der Waals surface area contributed by atoms with Gasteiger partial charge in [-0.3, -0.25) is 0 Å². The molecule has 2 aromatic carbocycles. The van der Waals surface area contributed by atoms with E-state index < -0.39 is 41.3 Å². The molecule has 0 fully saturated rings. The Morgan fingerprint density at radius 3 is 2.21 bits per heavy atom. The van der Waals surface area contributed by atoms with E-state index in [-0.39, 0.29) is 12.4 Å². The van der Waals surface area contributed by atoms with Crippen molar-refractivity contribution in [1.29, 1.82) is 0 Å². The van der Waals surface area contributed by atoms with Crippen molar-refractivity contribution in [2.45, 2.75) is 18.8 Å². The highest BCUT2D eigenvalue weighted by atomic mass is 19.4. The molecule has 0 bridgehead atoms. The lowest BCUT2D eigenvalue weighted by molar-refractivity contribution is -0.141. The Bertz CT molecular complexity index is 704. The van der Waals surface area contributed by atoms with Gasteiger partial charge < -0.3 is 4.74 Å². The minimum absolute atomic E-state index is 0.0458. The molecule has 8 heteroatoms. The zero-order chi connectivity index (χ0) is 18.0. The summed E-state index contributed by atoms with van der Waals surface area (Å²) in [6.45, 7) is -0.357. The highest BCUT2D eigenvalue weighted by Crippen LogP contribution is 2.36. The highest BCUT2D eigenvalue weighted by Gasteiger charge is 2.36. The second-order valence-corrected chi connectivity index (χ2v) is 4.83. The van der Waals surface area contributed by atoms with Crippen LogP contribution in [0.15, 0.2) is 36.4 Å². The summed E-state index contributed by atoms with van der Waals surface area (Å²) in [4.78, 5) is 0. The predicted octanol–water partition coefficient (Wildman–Crippen LogP) is 5.28. The maximum Gasteiger partial charge on any atom is 0.416 e. The van der Waals surface area contributed by atoms with Crippen LogP contribution in [0, 0.1) is 11.9 Å². The van der Waals surface area contributed by atoms with E-state index in [9.17, 15) is 30.7 Å². The monoisotopic (exact) mass is 351 g/mol. The van der Waals surface area contributed by atoms with Crippen LogP contribution in [0.1, 0.15) is 16.7 Å². The van der Waals surface area contributed by atoms with Gasteiger partial charge in [0.2, 0.25) is 0 Å². The van der Waals surface area contributed by atoms with Gasteiger partial charge in [0.25, 0.3) is 0 Å². The van der Waals surface area contributed by atoms with Crippen LogP contribution >= 0.6 is 0 Å². The molecule has 0 saturated heterocycles. The molecule has 0 N–H and O–H groups in total. The third-order valence-electron chi connectivity index (χ3n) is 3.10. The van der Waals surface area contributed by atoms with Crippen molar-refractivity contribution in [3.8, 4) is 5.75 Å². The second-order valence-electron chi connectivity index (χ2n) is 4.83. The number of rotatable bonds is 4. The molecule has 24 heavy (non-hydrogen) atoms. The van der Waals surface area contributed by atoms with Crippen molar-refractivity contribution >= 4 is 0 Å². The molecule has 0 saturated carbocycles. The molecule has 1 radical (unpaired) electrons. The van der Waals surface area contributed by atoms with Crippen LogP contribution in [0.5, 0.6) is 5.75 Å². The molecule has 0 aliphatic rings. The zero-order valence-corrected chi connectivity index (χ0v) is 11.9. The Labute approximate surface area is 132 Å². The van der Waals surface area contributed by atoms with Crippen molar-refractivity contribution in [2.24, 2.45) is 0 Å². The SMILES string of the molecule is Fc1[c]c(OCCc2cc(C(F)(F)F)ccc2C(F)(F)F)ccc1. The van der Waals surface area contributed by atoms with Crippen molar-refractivity contribution in [2.75, 3.05) is 6.61 Å². The van der Waals surface area contributed by atoms with E-state index in [0.29, 0.717) is 18.2 Å². The third kappa shape index (κ3) is 4.62. The Hall–Kier alpha value is -2.25. The standard InChI is InChI=1S/C16H10F7O/c17-12-2-1-3-13(9-12)24-7-6-10-8-11(15(18,19)20)4-5-14(10)16(21,22)23/h1-5,8H,6-7H2. The average Bonchev–Trinajstić information content (AvgIpc) is 2.45. The van der Waals surface area contributed by atoms with E-state index in [1.807, 2.05) is 0 Å². The maximum atomic E-state index is 12.9. The molecule has 0 aromatic heterocycles. The number of halogens is 7. The first-order chi connectivity index (χ1) is 11.1. The number of alkyl halides is 6. The number of hydrogen-bond acceptors (Lipinski definition) is 1. The van der Waals surface area contributed by atoms with Crippen molar-refractivity contribution in [1.82, 2.24) is 0 Å². The Balaban J connectivity index is 2.20. The van der Waals surface area contributed by atoms with Crippen LogP contribution < -0.4 is 4.74 Å². The molecule has 0 aliphatic heterocycles. The first-order valence-corrected chi connectivity index (χ1v) is 6.65. The summed E-state index contributed by atoms with van der Waals surface area (Å²) in [7, 11) is 0. The average molecular weight is 351 g/mol. The van der Waals surface area contributed by atoms with Gasteiger partial charge in [-0.15, -0.1) is 0 Å². The van der Waals surface area contributed by atoms with Crippen LogP contribution in [-0.4, -0.2) is 6.61 Å². The summed E-state index contributed by atoms with van der Waals surface area (Å²) in [5.74, 6) is -0.766. The summed E-state index contributed by atoms with van der Waals surface area (Å²) >= 11 is 0. The van der Waals surface area contributed by atoms with Gasteiger partial charge in [0, 0.05) is 6.42 Å². The Morgan fingerprint density at radius 2 is 1.62 bits per heavy atom. The molecule has 0 atom stereocenters. The van der Waals surface area contributed by atoms with Crippen molar-refractivity contribution in [3.63, 3.8) is 0 Å². The molecule has 2 aromatic rings. The molecule has 129 valence electrons. The molecule has 0 unspecified atom stereocenters. The van der Waals surface area contributed by atoms with E-state index in [0.717, 1.165) is 6.07 Å². The van der Waals surface area contributed by atoms with Crippen molar-refractivity contribution in [3.05, 3.63) is 65.0 Å². The molecule has 2 rings (SSSR count). The fourth-order valence-corrected chi connectivity index (χ4v) is 2.03. The van der Waals surface area contributed by atoms with Gasteiger partial charge in [-0.25, -0.2) is 4.39 Å². The first-order valence-electron chi connectivity index (χ1n) is 6.65. The summed E-state index contributed by atoms with van der Waals surface area (Å²) < 4.78 is 94.7. The molecule has 0 amide bonds. The lowest BCUT2D eigenvalue weighted by atomic mass is 10.0. The van der Waals surface area contributed by atoms with Crippen LogP contribution in [0.25, 0.3) is 0 Å². The third-order valence-corrected chi connectivity index (χ3v) is 3.10. The fourth-order valence-electron chi connectivity index (χ4n) is 2.03. The molecule has 0 heterocycles. The summed E-state index contributed by atoms with van der Waals surface area (Å²) in [5.41, 5.74) is -2.89. The summed E-state index contributed by atoms with van der Waals surface area (Å²) in [6.07, 6.45) is -9.97. The molecule has 0 spiro atoms. The van der Waals surface area contributed by atoms with Crippen LogP contribution in [-0.2, 0) is 18.8 Å². The van der Waals surface area contributed by atoms with Gasteiger partial charge in [0.05, 0.1) is 23.8 Å². The predicted molar refractivity (Wildman–Crippen MR) is 70.9 cm³/mol. The lowest BCUT2D eigenvalue weighted by Gasteiger charge is -2.16. The maximum absolute atomic E-state index is 12.9. The van der Waals surface area contributed by atoms with Gasteiger partial charge in [-0.05, 0) is 35.9 Å². The summed E-state index contributed by atoms with van der Waals surface area (Å²) in [5, 5.41) is 0. The van der Waals surface area contributed by atoms with E-state index in [2.05, 4.69) is 6.07 Å². The van der Waals surface area contributed by atoms with Crippen LogP contribution in [0.2, 0.25) is 0 Å². The van der Waals surface area contributed by atoms with E-state index >= 15 is 0 Å². The zero-order valence-electron chi connectivity index (χ0n) is 11.9. The smallest absolute Gasteiger partial charge is 0.416 e. The van der Waals surface area contributed by atoms with Gasteiger partial charge in [0.1, 0.15) is 11.6 Å². The van der Waals surface area contributed by atoms with E-state index in [1.54, 1.807) is 0 Å². The highest BCUT2D eigenvalue weighted by molar-refractivity contribution is 5.35. The van der Waals surface area contributed by atoms with E-state index in [4.69, 9.17) is 4.74 Å². The van der Waals surface area contributed by atoms with E-state index in [1.165, 1.54) is 12.1 Å². The number of hydrogen-bond donors (Lipinski definition) is 0. The second kappa shape index (κ2) is 6.70. The fraction of sp³-hybridized carbons (Fsp3) is 0.250. The van der Waals surface area contributed by atoms with Gasteiger partial charge in [-0.2, -0.15) is 26.3 Å². The number of benzene rings is 2. The van der Waals surface area contributed by atoms with Crippen LogP contribution in [0.4, 0.5) is 30.7 Å². The van der Waals surface area contributed by atoms with Crippen LogP contribution in [0.3, 0.4) is 0 Å². The quantitative estimate of drug-likeness (QED) is 0.681. The molecular weight excluding hydrogens is 341 g/mol. The first kappa shape index (κ1) is 18.1. The minimum Gasteiger partial charge on any atom is -0.492 e.